The molecule has 0 aliphatic rings. The minimum atomic E-state index is -5.64. The van der Waals surface area contributed by atoms with Gasteiger partial charge in [0.05, 0.1) is 0 Å². The number of hydrogen-bond donors (Lipinski definition) is 0. The van der Waals surface area contributed by atoms with E-state index in [0.29, 0.717) is 107 Å². The van der Waals surface area contributed by atoms with Gasteiger partial charge in [0, 0.05) is 172 Å². The Morgan fingerprint density at radius 2 is 0.209 bits per heavy atom. The van der Waals surface area contributed by atoms with Crippen LogP contribution in [0.3, 0.4) is 0 Å². The predicted molar refractivity (Wildman–Crippen MR) is 406 cm³/mol. The van der Waals surface area contributed by atoms with E-state index < -0.39 is 39.5 Å². The molecule has 115 heavy (non-hydrogen) atoms. The lowest BCUT2D eigenvalue weighted by Gasteiger charge is -2.15. The molecule has 0 amide bonds. The van der Waals surface area contributed by atoms with Gasteiger partial charge < -0.3 is 71.8 Å². The number of halogens is 15. The highest BCUT2D eigenvalue weighted by Crippen LogP contribution is 2.27. The average Bonchev–Trinajstić information content (AvgIpc) is 1.000. The second-order valence-corrected chi connectivity index (χ2v) is 26.6. The molecular formula is C60H40Cl10F5N20O15P5. The first kappa shape index (κ1) is 113. The second-order valence-electron chi connectivity index (χ2n) is 17.9. The molecule has 0 atom stereocenters. The molecule has 0 spiro atoms. The molecule has 0 aliphatic carbocycles. The van der Waals surface area contributed by atoms with E-state index in [1.807, 2.05) is 0 Å². The molecule has 35 nitrogen and oxygen atoms in total. The van der Waals surface area contributed by atoms with E-state index in [2.05, 4.69) is 49.8 Å². The molecule has 0 radical (unpaired) electrons. The van der Waals surface area contributed by atoms with Crippen molar-refractivity contribution >= 4 is 212 Å². The summed E-state index contributed by atoms with van der Waals surface area (Å²) in [6.45, 7) is 0. The summed E-state index contributed by atoms with van der Waals surface area (Å²) in [7, 11) is -28.2. The summed E-state index contributed by atoms with van der Waals surface area (Å²) in [5.41, 5.74) is 5.13. The van der Waals surface area contributed by atoms with Gasteiger partial charge in [-0.3, -0.25) is 0 Å². The molecule has 0 heterocycles. The highest BCUT2D eigenvalue weighted by molar-refractivity contribution is 7.43. The first-order valence-corrected chi connectivity index (χ1v) is 38.9. The lowest BCUT2D eigenvalue weighted by atomic mass is 10.3. The summed E-state index contributed by atoms with van der Waals surface area (Å²) in [6.07, 6.45) is 0. The molecule has 0 unspecified atom stereocenters. The van der Waals surface area contributed by atoms with Crippen LogP contribution in [0.25, 0.3) is 49.8 Å². The molecule has 10 aromatic carbocycles. The van der Waals surface area contributed by atoms with Crippen molar-refractivity contribution in [1.29, 1.82) is 53.9 Å². The van der Waals surface area contributed by atoms with E-state index in [1.165, 1.54) is 0 Å². The lowest BCUT2D eigenvalue weighted by Crippen LogP contribution is -2.07. The number of diazo groups is 10. The predicted octanol–water partition coefficient (Wildman–Crippen LogP) is 22.2. The van der Waals surface area contributed by atoms with Gasteiger partial charge in [-0.1, -0.05) is 116 Å². The summed E-state index contributed by atoms with van der Waals surface area (Å²) in [5, 5.41) is 88.5. The van der Waals surface area contributed by atoms with E-state index in [0.717, 1.165) is 0 Å². The standard InChI is InChI=1S/10C6H4ClN2.5FH2O3P/c10*7-5-1-3-6(9-8)4-2-5;5*1-5(2,3)4/h10*1-4H;5*(H2,2,3,4)/q10*+1;;;;;/p-10. The maximum atomic E-state index is 10.1. The Kier molecular flexibility index (Phi) is 64.0. The highest BCUT2D eigenvalue weighted by atomic mass is 35.5. The van der Waals surface area contributed by atoms with Crippen LogP contribution < -0.4 is 48.9 Å². The monoisotopic (exact) mass is 1880 g/mol. The Labute approximate surface area is 696 Å². The molecule has 600 valence electrons. The Balaban J connectivity index is -0.000000378. The van der Waals surface area contributed by atoms with Gasteiger partial charge >= 0.3 is 56.9 Å². The number of benzene rings is 10. The third-order valence-electron chi connectivity index (χ3n) is 9.42. The van der Waals surface area contributed by atoms with Gasteiger partial charge in [-0.25, -0.2) is 21.0 Å². The zero-order valence-electron chi connectivity index (χ0n) is 56.1. The largest absolute Gasteiger partial charge is 0.786 e. The first-order valence-electron chi connectivity index (χ1n) is 27.9. The van der Waals surface area contributed by atoms with Crippen molar-refractivity contribution < 1.29 is 92.7 Å². The van der Waals surface area contributed by atoms with Crippen molar-refractivity contribution in [2.24, 2.45) is 0 Å². The summed E-state index contributed by atoms with van der Waals surface area (Å²) >= 11 is 55.5. The molecule has 0 bridgehead atoms. The van der Waals surface area contributed by atoms with Gasteiger partial charge in [-0.05, 0) is 121 Å². The topological polar surface area (TPSA) is 597 Å². The summed E-state index contributed by atoms with van der Waals surface area (Å²) in [6, 6.07) is 65.8. The van der Waals surface area contributed by atoms with E-state index in [4.69, 9.17) is 242 Å². The second kappa shape index (κ2) is 65.0. The van der Waals surface area contributed by atoms with Gasteiger partial charge in [0.15, 0.2) is 49.8 Å². The van der Waals surface area contributed by atoms with Gasteiger partial charge in [-0.15, -0.1) is 0 Å². The third kappa shape index (κ3) is 89.1. The smallest absolute Gasteiger partial charge is 0.385 e. The van der Waals surface area contributed by atoms with Gasteiger partial charge in [-0.2, -0.15) is 0 Å². The SMILES string of the molecule is N#[N+]c1ccc(Cl)cc1.N#[N+]c1ccc(Cl)cc1.N#[N+]c1ccc(Cl)cc1.N#[N+]c1ccc(Cl)cc1.N#[N+]c1ccc(Cl)cc1.N#[N+]c1ccc(Cl)cc1.N#[N+]c1ccc(Cl)cc1.N#[N+]c1ccc(Cl)cc1.N#[N+]c1ccc(Cl)cc1.N#[N+]c1ccc(Cl)cc1.O=P([O-])([O-])F.O=P([O-])([O-])F.O=P([O-])([O-])F.O=P([O-])([O-])F.O=P([O-])([O-])F. The maximum absolute atomic E-state index is 10.1. The Morgan fingerprint density at radius 3 is 0.243 bits per heavy atom. The van der Waals surface area contributed by atoms with E-state index in [9.17, 15) is 21.0 Å². The van der Waals surface area contributed by atoms with Crippen LogP contribution in [0.15, 0.2) is 243 Å². The van der Waals surface area contributed by atoms with Crippen LogP contribution in [0, 0.1) is 53.9 Å². The van der Waals surface area contributed by atoms with Crippen molar-refractivity contribution in [3.8, 4) is 0 Å². The molecule has 10 aromatic rings. The van der Waals surface area contributed by atoms with Crippen LogP contribution in [0.4, 0.5) is 77.9 Å². The molecule has 0 aliphatic heterocycles. The Hall–Kier alpha value is -10.3. The zero-order chi connectivity index (χ0) is 89.4. The molecule has 10 rings (SSSR count). The van der Waals surface area contributed by atoms with Gasteiger partial charge in [0.2, 0.25) is 53.9 Å². The van der Waals surface area contributed by atoms with E-state index in [1.54, 1.807) is 243 Å². The lowest BCUT2D eigenvalue weighted by molar-refractivity contribution is -0.330. The Morgan fingerprint density at radius 1 is 0.165 bits per heavy atom. The molecule has 0 aromatic heterocycles. The fourth-order valence-corrected chi connectivity index (χ4v) is 6.34. The van der Waals surface area contributed by atoms with Crippen molar-refractivity contribution in [3.05, 3.63) is 343 Å². The van der Waals surface area contributed by atoms with Crippen LogP contribution in [-0.2, 0) is 22.8 Å². The average molecular weight is 1890 g/mol. The molecule has 0 fully saturated rings. The fraction of sp³-hybridized carbons (Fsp3) is 0. The summed E-state index contributed by atoms with van der Waals surface area (Å²) in [5.74, 6) is 0. The number of hydrogen-bond acceptors (Lipinski definition) is 25. The van der Waals surface area contributed by atoms with Crippen molar-refractivity contribution in [1.82, 2.24) is 0 Å². The van der Waals surface area contributed by atoms with Crippen LogP contribution in [0.2, 0.25) is 50.2 Å². The summed E-state index contributed by atoms with van der Waals surface area (Å²) in [4.78, 5) is 114. The molecule has 0 N–H and O–H groups in total. The summed E-state index contributed by atoms with van der Waals surface area (Å²) < 4.78 is 92.8. The van der Waals surface area contributed by atoms with E-state index in [-0.39, 0.29) is 0 Å². The minimum absolute atomic E-state index is 0.513. The van der Waals surface area contributed by atoms with Crippen molar-refractivity contribution in [3.63, 3.8) is 0 Å². The number of nitrogens with zero attached hydrogens (tertiary/aromatic N) is 20. The first-order chi connectivity index (χ1) is 53.3. The van der Waals surface area contributed by atoms with Gasteiger partial charge in [0.25, 0.3) is 0 Å². The molecule has 55 heteroatoms. The molecular weight excluding hydrogens is 1850 g/mol. The normalized spacial score (nSPS) is 9.17. The molecule has 0 saturated carbocycles. The van der Waals surface area contributed by atoms with Crippen molar-refractivity contribution in [2.45, 2.75) is 0 Å². The fourth-order valence-electron chi connectivity index (χ4n) is 5.08. The third-order valence-corrected chi connectivity index (χ3v) is 11.9. The van der Waals surface area contributed by atoms with Crippen LogP contribution in [0.5, 0.6) is 0 Å². The van der Waals surface area contributed by atoms with Crippen LogP contribution in [-0.4, -0.2) is 0 Å². The van der Waals surface area contributed by atoms with Crippen molar-refractivity contribution in [2.75, 3.05) is 0 Å². The minimum Gasteiger partial charge on any atom is -0.786 e. The zero-order valence-corrected chi connectivity index (χ0v) is 68.1. The van der Waals surface area contributed by atoms with Crippen LogP contribution in [0.1, 0.15) is 0 Å². The highest BCUT2D eigenvalue weighted by Gasteiger charge is 2.06. The maximum Gasteiger partial charge on any atom is 0.385 e. The Bertz CT molecular complexity index is 4140. The quantitative estimate of drug-likeness (QED) is 0.0773. The van der Waals surface area contributed by atoms with Crippen LogP contribution >= 0.6 is 156 Å². The van der Waals surface area contributed by atoms with Gasteiger partial charge in [0.1, 0.15) is 39.5 Å². The number of rotatable bonds is 0. The van der Waals surface area contributed by atoms with E-state index >= 15 is 0 Å². The molecule has 0 saturated heterocycles.